The molecule has 0 saturated heterocycles. The minimum atomic E-state index is -0.525. The largest absolute Gasteiger partial charge is 0.528 e. The quantitative estimate of drug-likeness (QED) is 0.765. The van der Waals surface area contributed by atoms with E-state index in [4.69, 9.17) is 4.43 Å². The molecule has 0 fully saturated rings. The van der Waals surface area contributed by atoms with Crippen LogP contribution in [0, 0.1) is 11.8 Å². The van der Waals surface area contributed by atoms with E-state index in [0.717, 1.165) is 5.56 Å². The third kappa shape index (κ3) is 2.29. The Bertz CT molecular complexity index is 363. The number of rotatable bonds is 4. The lowest BCUT2D eigenvalue weighted by Gasteiger charge is -2.39. The monoisotopic (exact) mass is 250 g/mol. The van der Waals surface area contributed by atoms with E-state index in [1.54, 1.807) is 0 Å². The number of carbonyl (C=O) groups excluding carboxylic acids is 1. The zero-order chi connectivity index (χ0) is 13.1. The van der Waals surface area contributed by atoms with Gasteiger partial charge < -0.3 is 4.43 Å². The van der Waals surface area contributed by atoms with Gasteiger partial charge in [-0.2, -0.15) is 0 Å². The summed E-state index contributed by atoms with van der Waals surface area (Å²) in [5.74, 6) is 0.345. The maximum atomic E-state index is 12.3. The van der Waals surface area contributed by atoms with Crippen LogP contribution in [0.2, 0.25) is 0 Å². The SMILES string of the molecule is CC(C)C(C(=O)O[SiH3])(c1ccccc1)C(C)C. The summed E-state index contributed by atoms with van der Waals surface area (Å²) in [7, 11) is 0.447. The van der Waals surface area contributed by atoms with Crippen molar-refractivity contribution in [1.82, 2.24) is 0 Å². The first-order chi connectivity index (χ1) is 7.97. The highest BCUT2D eigenvalue weighted by atomic mass is 28.2. The van der Waals surface area contributed by atoms with Crippen LogP contribution in [0.5, 0.6) is 0 Å². The summed E-state index contributed by atoms with van der Waals surface area (Å²) in [5, 5.41) is 0. The normalized spacial score (nSPS) is 12.1. The van der Waals surface area contributed by atoms with E-state index in [1.165, 1.54) is 0 Å². The first-order valence-electron chi connectivity index (χ1n) is 6.11. The van der Waals surface area contributed by atoms with Gasteiger partial charge in [-0.3, -0.25) is 4.79 Å². The van der Waals surface area contributed by atoms with Crippen LogP contribution in [0.1, 0.15) is 33.3 Å². The summed E-state index contributed by atoms with van der Waals surface area (Å²) < 4.78 is 5.19. The molecule has 0 atom stereocenters. The average molecular weight is 250 g/mol. The molecule has 94 valence electrons. The Morgan fingerprint density at radius 1 is 1.12 bits per heavy atom. The summed E-state index contributed by atoms with van der Waals surface area (Å²) in [6.07, 6.45) is 0. The van der Waals surface area contributed by atoms with Crippen LogP contribution in [-0.2, 0) is 14.6 Å². The molecule has 1 rings (SSSR count). The standard InChI is InChI=1S/C14H22O2Si/c1-10(2)14(11(3)4,13(15)16-17)12-8-6-5-7-9-12/h5-11H,1-4,17H3. The molecule has 0 N–H and O–H groups in total. The van der Waals surface area contributed by atoms with Crippen molar-refractivity contribution in [2.75, 3.05) is 0 Å². The topological polar surface area (TPSA) is 26.3 Å². The molecule has 0 amide bonds. The van der Waals surface area contributed by atoms with Gasteiger partial charge in [0.15, 0.2) is 0 Å². The third-order valence-electron chi connectivity index (χ3n) is 3.60. The van der Waals surface area contributed by atoms with Gasteiger partial charge in [0.05, 0.1) is 5.41 Å². The highest BCUT2D eigenvalue weighted by Crippen LogP contribution is 2.40. The van der Waals surface area contributed by atoms with Crippen LogP contribution in [0.4, 0.5) is 0 Å². The van der Waals surface area contributed by atoms with E-state index < -0.39 is 5.41 Å². The summed E-state index contributed by atoms with van der Waals surface area (Å²) in [4.78, 5) is 12.3. The van der Waals surface area contributed by atoms with Crippen molar-refractivity contribution >= 4 is 16.5 Å². The minimum absolute atomic E-state index is 0.0830. The Morgan fingerprint density at radius 3 is 1.94 bits per heavy atom. The van der Waals surface area contributed by atoms with Gasteiger partial charge in [0.25, 0.3) is 0 Å². The maximum Gasteiger partial charge on any atom is 0.303 e. The zero-order valence-electron chi connectivity index (χ0n) is 11.4. The number of benzene rings is 1. The lowest BCUT2D eigenvalue weighted by Crippen LogP contribution is -2.46. The maximum absolute atomic E-state index is 12.3. The molecule has 0 aliphatic rings. The van der Waals surface area contributed by atoms with Crippen molar-refractivity contribution in [1.29, 1.82) is 0 Å². The van der Waals surface area contributed by atoms with Crippen LogP contribution in [0.15, 0.2) is 30.3 Å². The predicted octanol–water partition coefficient (Wildman–Crippen LogP) is 2.06. The van der Waals surface area contributed by atoms with Crippen LogP contribution in [0.3, 0.4) is 0 Å². The molecule has 0 aliphatic heterocycles. The molecule has 0 saturated carbocycles. The predicted molar refractivity (Wildman–Crippen MR) is 73.8 cm³/mol. The third-order valence-corrected chi connectivity index (χ3v) is 3.97. The Balaban J connectivity index is 3.41. The van der Waals surface area contributed by atoms with Crippen molar-refractivity contribution in [3.63, 3.8) is 0 Å². The van der Waals surface area contributed by atoms with Gasteiger partial charge >= 0.3 is 5.97 Å². The molecule has 0 bridgehead atoms. The van der Waals surface area contributed by atoms with Crippen LogP contribution in [0.25, 0.3) is 0 Å². The van der Waals surface area contributed by atoms with Gasteiger partial charge in [0.2, 0.25) is 10.5 Å². The molecule has 0 aliphatic carbocycles. The molecule has 2 nitrogen and oxygen atoms in total. The Hall–Kier alpha value is -1.09. The average Bonchev–Trinajstić information content (AvgIpc) is 2.30. The molecular weight excluding hydrogens is 228 g/mol. The van der Waals surface area contributed by atoms with E-state index in [1.807, 2.05) is 30.3 Å². The van der Waals surface area contributed by atoms with Crippen molar-refractivity contribution < 1.29 is 9.22 Å². The first-order valence-corrected chi connectivity index (χ1v) is 6.93. The van der Waals surface area contributed by atoms with Crippen LogP contribution >= 0.6 is 0 Å². The van der Waals surface area contributed by atoms with Crippen molar-refractivity contribution in [3.8, 4) is 0 Å². The fourth-order valence-corrected chi connectivity index (χ4v) is 3.14. The summed E-state index contributed by atoms with van der Waals surface area (Å²) in [6, 6.07) is 9.99. The number of hydrogen-bond donors (Lipinski definition) is 0. The Labute approximate surface area is 107 Å². The van der Waals surface area contributed by atoms with E-state index >= 15 is 0 Å². The number of hydrogen-bond acceptors (Lipinski definition) is 2. The molecule has 1 aromatic carbocycles. The molecular formula is C14H22O2Si. The molecule has 0 heterocycles. The molecule has 0 spiro atoms. The van der Waals surface area contributed by atoms with Gasteiger partial charge in [-0.1, -0.05) is 58.0 Å². The second-order valence-corrected chi connectivity index (χ2v) is 5.44. The summed E-state index contributed by atoms with van der Waals surface area (Å²) >= 11 is 0. The van der Waals surface area contributed by atoms with Gasteiger partial charge in [0.1, 0.15) is 0 Å². The van der Waals surface area contributed by atoms with E-state index in [0.29, 0.717) is 10.5 Å². The Kier molecular flexibility index (Phi) is 4.51. The molecule has 0 unspecified atom stereocenters. The van der Waals surface area contributed by atoms with E-state index in [2.05, 4.69) is 27.7 Å². The van der Waals surface area contributed by atoms with E-state index in [9.17, 15) is 4.79 Å². The summed E-state index contributed by atoms with van der Waals surface area (Å²) in [6.45, 7) is 8.36. The smallest absolute Gasteiger partial charge is 0.303 e. The minimum Gasteiger partial charge on any atom is -0.528 e. The molecule has 0 aromatic heterocycles. The molecule has 3 heteroatoms. The van der Waals surface area contributed by atoms with Gasteiger partial charge in [-0.25, -0.2) is 0 Å². The second-order valence-electron chi connectivity index (χ2n) is 5.04. The van der Waals surface area contributed by atoms with E-state index in [-0.39, 0.29) is 17.8 Å². The zero-order valence-corrected chi connectivity index (χ0v) is 13.4. The van der Waals surface area contributed by atoms with Crippen molar-refractivity contribution in [3.05, 3.63) is 35.9 Å². The highest BCUT2D eigenvalue weighted by Gasteiger charge is 2.46. The molecule has 1 aromatic rings. The first kappa shape index (κ1) is 14.0. The van der Waals surface area contributed by atoms with Gasteiger partial charge in [0, 0.05) is 0 Å². The molecule has 17 heavy (non-hydrogen) atoms. The number of carbonyl (C=O) groups is 1. The second kappa shape index (κ2) is 5.49. The van der Waals surface area contributed by atoms with Crippen LogP contribution in [-0.4, -0.2) is 16.5 Å². The fraction of sp³-hybridized carbons (Fsp3) is 0.500. The van der Waals surface area contributed by atoms with Crippen molar-refractivity contribution in [2.24, 2.45) is 11.8 Å². The van der Waals surface area contributed by atoms with Crippen molar-refractivity contribution in [2.45, 2.75) is 33.1 Å². The Morgan fingerprint density at radius 2 is 1.59 bits per heavy atom. The van der Waals surface area contributed by atoms with Gasteiger partial charge in [-0.05, 0) is 17.4 Å². The summed E-state index contributed by atoms with van der Waals surface area (Å²) in [5.41, 5.74) is 0.536. The van der Waals surface area contributed by atoms with Gasteiger partial charge in [-0.15, -0.1) is 0 Å². The van der Waals surface area contributed by atoms with Crippen LogP contribution < -0.4 is 0 Å². The molecule has 0 radical (unpaired) electrons. The lowest BCUT2D eigenvalue weighted by atomic mass is 9.64. The lowest BCUT2D eigenvalue weighted by molar-refractivity contribution is -0.144. The fourth-order valence-electron chi connectivity index (χ4n) is 2.81. The highest BCUT2D eigenvalue weighted by molar-refractivity contribution is 6.07.